The van der Waals surface area contributed by atoms with Gasteiger partial charge in [-0.1, -0.05) is 12.1 Å². The highest BCUT2D eigenvalue weighted by Gasteiger charge is 2.31. The van der Waals surface area contributed by atoms with Gasteiger partial charge in [-0.05, 0) is 12.1 Å². The minimum absolute atomic E-state index is 0.00942. The molecule has 0 bridgehead atoms. The summed E-state index contributed by atoms with van der Waals surface area (Å²) >= 11 is 1.85. The lowest BCUT2D eigenvalue weighted by Gasteiger charge is -2.30. The van der Waals surface area contributed by atoms with E-state index < -0.39 is 6.10 Å². The molecule has 1 fully saturated rings. The minimum Gasteiger partial charge on any atom is -0.478 e. The third-order valence-corrected chi connectivity index (χ3v) is 4.37. The van der Waals surface area contributed by atoms with Crippen molar-refractivity contribution in [1.82, 2.24) is 4.90 Å². The van der Waals surface area contributed by atoms with Crippen molar-refractivity contribution < 1.29 is 14.3 Å². The van der Waals surface area contributed by atoms with Crippen molar-refractivity contribution in [3.05, 3.63) is 24.3 Å². The van der Waals surface area contributed by atoms with Crippen LogP contribution in [0, 0.1) is 0 Å². The molecule has 2 aliphatic heterocycles. The number of benzene rings is 1. The van der Waals surface area contributed by atoms with Gasteiger partial charge in [-0.2, -0.15) is 11.8 Å². The summed E-state index contributed by atoms with van der Waals surface area (Å²) < 4.78 is 5.64. The Morgan fingerprint density at radius 1 is 1.35 bits per heavy atom. The van der Waals surface area contributed by atoms with Crippen LogP contribution in [0.25, 0.3) is 0 Å². The van der Waals surface area contributed by atoms with Crippen LogP contribution in [0.2, 0.25) is 0 Å². The summed E-state index contributed by atoms with van der Waals surface area (Å²) in [6.45, 7) is 1.52. The van der Waals surface area contributed by atoms with Gasteiger partial charge in [0.25, 0.3) is 5.91 Å². The van der Waals surface area contributed by atoms with Crippen LogP contribution in [0.4, 0.5) is 5.69 Å². The molecule has 1 unspecified atom stereocenters. The molecule has 106 valence electrons. The number of carbonyl (C=O) groups excluding carboxylic acids is 2. The maximum Gasteiger partial charge on any atom is 0.266 e. The summed E-state index contributed by atoms with van der Waals surface area (Å²) in [4.78, 5) is 26.0. The number of amides is 2. The highest BCUT2D eigenvalue weighted by molar-refractivity contribution is 7.99. The third-order valence-electron chi connectivity index (χ3n) is 3.43. The largest absolute Gasteiger partial charge is 0.478 e. The Balaban J connectivity index is 1.66. The molecule has 1 N–H and O–H groups in total. The molecule has 2 heterocycles. The first-order chi connectivity index (χ1) is 9.74. The number of fused-ring (bicyclic) bond motifs is 1. The number of nitrogens with zero attached hydrogens (tertiary/aromatic N) is 1. The molecular weight excluding hydrogens is 276 g/mol. The van der Waals surface area contributed by atoms with Gasteiger partial charge in [-0.3, -0.25) is 9.59 Å². The lowest BCUT2D eigenvalue weighted by Crippen LogP contribution is -2.44. The maximum absolute atomic E-state index is 12.2. The number of hydrogen-bond acceptors (Lipinski definition) is 4. The SMILES string of the molecule is O=C1Nc2ccccc2OC1CC(=O)N1CCSCC1. The van der Waals surface area contributed by atoms with E-state index in [1.54, 1.807) is 12.1 Å². The average Bonchev–Trinajstić information content (AvgIpc) is 2.49. The molecule has 0 spiro atoms. The van der Waals surface area contributed by atoms with E-state index in [9.17, 15) is 9.59 Å². The number of carbonyl (C=O) groups is 2. The van der Waals surface area contributed by atoms with E-state index in [2.05, 4.69) is 5.32 Å². The molecule has 1 aromatic carbocycles. The average molecular weight is 292 g/mol. The lowest BCUT2D eigenvalue weighted by atomic mass is 10.1. The van der Waals surface area contributed by atoms with Crippen LogP contribution in [0.3, 0.4) is 0 Å². The number of thioether (sulfide) groups is 1. The van der Waals surface area contributed by atoms with E-state index in [1.165, 1.54) is 0 Å². The number of nitrogens with one attached hydrogen (secondary N) is 1. The van der Waals surface area contributed by atoms with Gasteiger partial charge in [-0.25, -0.2) is 0 Å². The van der Waals surface area contributed by atoms with E-state index in [0.717, 1.165) is 24.6 Å². The van der Waals surface area contributed by atoms with Gasteiger partial charge in [0.15, 0.2) is 6.10 Å². The van der Waals surface area contributed by atoms with Crippen molar-refractivity contribution in [3.8, 4) is 5.75 Å². The van der Waals surface area contributed by atoms with Crippen LogP contribution in [-0.2, 0) is 9.59 Å². The number of rotatable bonds is 2. The van der Waals surface area contributed by atoms with Crippen molar-refractivity contribution in [2.45, 2.75) is 12.5 Å². The first-order valence-corrected chi connectivity index (χ1v) is 7.81. The smallest absolute Gasteiger partial charge is 0.266 e. The Hall–Kier alpha value is -1.69. The summed E-state index contributed by atoms with van der Waals surface area (Å²) in [6.07, 6.45) is -0.628. The first kappa shape index (κ1) is 13.3. The Morgan fingerprint density at radius 3 is 2.90 bits per heavy atom. The summed E-state index contributed by atoms with van der Waals surface area (Å²) in [6, 6.07) is 7.26. The third kappa shape index (κ3) is 2.75. The molecule has 3 rings (SSSR count). The fourth-order valence-corrected chi connectivity index (χ4v) is 3.23. The van der Waals surface area contributed by atoms with Crippen LogP contribution in [0.1, 0.15) is 6.42 Å². The second-order valence-corrected chi connectivity index (χ2v) is 6.01. The molecule has 20 heavy (non-hydrogen) atoms. The van der Waals surface area contributed by atoms with Gasteiger partial charge < -0.3 is 15.0 Å². The van der Waals surface area contributed by atoms with Crippen LogP contribution < -0.4 is 10.1 Å². The molecule has 1 saturated heterocycles. The molecule has 1 atom stereocenters. The standard InChI is InChI=1S/C14H16N2O3S/c17-13(16-5-7-20-8-6-16)9-12-14(18)15-10-3-1-2-4-11(10)19-12/h1-4,12H,5-9H2,(H,15,18). The van der Waals surface area contributed by atoms with E-state index in [1.807, 2.05) is 28.8 Å². The topological polar surface area (TPSA) is 58.6 Å². The number of hydrogen-bond donors (Lipinski definition) is 1. The summed E-state index contributed by atoms with van der Waals surface area (Å²) in [7, 11) is 0. The summed E-state index contributed by atoms with van der Waals surface area (Å²) in [5.74, 6) is 2.30. The normalized spacial score (nSPS) is 21.7. The monoisotopic (exact) mass is 292 g/mol. The molecule has 0 aliphatic carbocycles. The molecule has 1 aromatic rings. The van der Waals surface area contributed by atoms with Gasteiger partial charge in [0, 0.05) is 24.6 Å². The van der Waals surface area contributed by atoms with Crippen LogP contribution >= 0.6 is 11.8 Å². The second-order valence-electron chi connectivity index (χ2n) is 4.79. The van der Waals surface area contributed by atoms with E-state index in [-0.39, 0.29) is 18.2 Å². The molecule has 6 heteroatoms. The Bertz CT molecular complexity index is 529. The zero-order chi connectivity index (χ0) is 13.9. The van der Waals surface area contributed by atoms with Crippen LogP contribution in [0.15, 0.2) is 24.3 Å². The van der Waals surface area contributed by atoms with Crippen molar-refractivity contribution in [2.75, 3.05) is 29.9 Å². The second kappa shape index (κ2) is 5.75. The highest BCUT2D eigenvalue weighted by atomic mass is 32.2. The number of para-hydroxylation sites is 2. The quantitative estimate of drug-likeness (QED) is 0.894. The highest BCUT2D eigenvalue weighted by Crippen LogP contribution is 2.29. The fourth-order valence-electron chi connectivity index (χ4n) is 2.33. The lowest BCUT2D eigenvalue weighted by molar-refractivity contribution is -0.136. The minimum atomic E-state index is -0.730. The van der Waals surface area contributed by atoms with Crippen molar-refractivity contribution in [1.29, 1.82) is 0 Å². The molecule has 0 saturated carbocycles. The van der Waals surface area contributed by atoms with Crippen molar-refractivity contribution in [3.63, 3.8) is 0 Å². The Kier molecular flexibility index (Phi) is 3.82. The number of ether oxygens (including phenoxy) is 1. The van der Waals surface area contributed by atoms with Gasteiger partial charge in [0.2, 0.25) is 5.91 Å². The van der Waals surface area contributed by atoms with E-state index in [0.29, 0.717) is 11.4 Å². The number of anilines is 1. The molecule has 0 aromatic heterocycles. The molecule has 0 radical (unpaired) electrons. The summed E-state index contributed by atoms with van der Waals surface area (Å²) in [5, 5.41) is 2.78. The summed E-state index contributed by atoms with van der Waals surface area (Å²) in [5.41, 5.74) is 0.663. The molecular formula is C14H16N2O3S. The van der Waals surface area contributed by atoms with Crippen molar-refractivity contribution in [2.24, 2.45) is 0 Å². The first-order valence-electron chi connectivity index (χ1n) is 6.66. The Labute approximate surface area is 121 Å². The van der Waals surface area contributed by atoms with Crippen LogP contribution in [-0.4, -0.2) is 47.4 Å². The Morgan fingerprint density at radius 2 is 2.10 bits per heavy atom. The zero-order valence-corrected chi connectivity index (χ0v) is 11.8. The van der Waals surface area contributed by atoms with E-state index >= 15 is 0 Å². The van der Waals surface area contributed by atoms with E-state index in [4.69, 9.17) is 4.74 Å². The van der Waals surface area contributed by atoms with Gasteiger partial charge >= 0.3 is 0 Å². The zero-order valence-electron chi connectivity index (χ0n) is 11.0. The van der Waals surface area contributed by atoms with Crippen molar-refractivity contribution >= 4 is 29.3 Å². The predicted octanol–water partition coefficient (Wildman–Crippen LogP) is 1.35. The fraction of sp³-hybridized carbons (Fsp3) is 0.429. The molecule has 2 amide bonds. The van der Waals surface area contributed by atoms with Crippen LogP contribution in [0.5, 0.6) is 5.75 Å². The van der Waals surface area contributed by atoms with Gasteiger partial charge in [0.1, 0.15) is 5.75 Å². The predicted molar refractivity (Wildman–Crippen MR) is 78.0 cm³/mol. The molecule has 2 aliphatic rings. The van der Waals surface area contributed by atoms with Gasteiger partial charge in [0.05, 0.1) is 12.1 Å². The maximum atomic E-state index is 12.2. The van der Waals surface area contributed by atoms with Gasteiger partial charge in [-0.15, -0.1) is 0 Å². The molecule has 5 nitrogen and oxygen atoms in total.